The number of aryl methyl sites for hydroxylation is 1. The molecule has 7 heteroatoms. The summed E-state index contributed by atoms with van der Waals surface area (Å²) in [6, 6.07) is 7.32. The molecule has 3 aromatic rings. The van der Waals surface area contributed by atoms with Gasteiger partial charge in [-0.1, -0.05) is 11.6 Å². The number of furan rings is 1. The third-order valence-electron chi connectivity index (χ3n) is 4.07. The van der Waals surface area contributed by atoms with E-state index in [9.17, 15) is 4.79 Å². The molecule has 0 saturated heterocycles. The van der Waals surface area contributed by atoms with Crippen LogP contribution in [-0.2, 0) is 11.3 Å². The maximum absolute atomic E-state index is 11.0. The van der Waals surface area contributed by atoms with Gasteiger partial charge in [0.2, 0.25) is 12.7 Å². The first-order chi connectivity index (χ1) is 12.0. The molecule has 1 aliphatic rings. The lowest BCUT2D eigenvalue weighted by atomic mass is 10.1. The first kappa shape index (κ1) is 15.8. The minimum absolute atomic E-state index is 0.119. The molecule has 128 valence electrons. The molecule has 4 rings (SSSR count). The molecule has 3 heterocycles. The molecule has 6 nitrogen and oxygen atoms in total. The summed E-state index contributed by atoms with van der Waals surface area (Å²) in [5, 5.41) is 4.12. The highest BCUT2D eigenvalue weighted by Gasteiger charge is 2.20. The minimum atomic E-state index is -0.119. The second kappa shape index (κ2) is 5.97. The average Bonchev–Trinajstić information content (AvgIpc) is 3.23. The first-order valence-electron chi connectivity index (χ1n) is 7.76. The zero-order chi connectivity index (χ0) is 17.6. The van der Waals surface area contributed by atoms with Gasteiger partial charge in [-0.05, 0) is 30.7 Å². The van der Waals surface area contributed by atoms with Crippen LogP contribution in [0.15, 0.2) is 28.7 Å². The third kappa shape index (κ3) is 2.78. The zero-order valence-electron chi connectivity index (χ0n) is 13.7. The Morgan fingerprint density at radius 1 is 1.28 bits per heavy atom. The van der Waals surface area contributed by atoms with E-state index >= 15 is 0 Å². The van der Waals surface area contributed by atoms with Gasteiger partial charge in [0.1, 0.15) is 11.5 Å². The normalized spacial score (nSPS) is 12.6. The summed E-state index contributed by atoms with van der Waals surface area (Å²) in [6.45, 7) is 3.91. The second-order valence-corrected chi connectivity index (χ2v) is 6.18. The van der Waals surface area contributed by atoms with E-state index in [1.807, 2.05) is 19.1 Å². The Balaban J connectivity index is 1.78. The van der Waals surface area contributed by atoms with Crippen molar-refractivity contribution in [3.8, 4) is 23.0 Å². The molecule has 1 N–H and O–H groups in total. The van der Waals surface area contributed by atoms with Gasteiger partial charge in [-0.2, -0.15) is 0 Å². The molecular weight excluding hydrogens is 344 g/mol. The van der Waals surface area contributed by atoms with Gasteiger partial charge in [-0.25, -0.2) is 4.98 Å². The van der Waals surface area contributed by atoms with E-state index in [1.165, 1.54) is 6.92 Å². The van der Waals surface area contributed by atoms with Crippen molar-refractivity contribution < 1.29 is 18.7 Å². The van der Waals surface area contributed by atoms with Gasteiger partial charge in [-0.15, -0.1) is 0 Å². The summed E-state index contributed by atoms with van der Waals surface area (Å²) in [5.74, 6) is 2.42. The summed E-state index contributed by atoms with van der Waals surface area (Å²) >= 11 is 6.53. The molecule has 2 aromatic heterocycles. The van der Waals surface area contributed by atoms with Crippen LogP contribution in [0.1, 0.15) is 18.2 Å². The second-order valence-electron chi connectivity index (χ2n) is 5.80. The average molecular weight is 359 g/mol. The number of fused-ring (bicyclic) bond motifs is 2. The summed E-state index contributed by atoms with van der Waals surface area (Å²) in [7, 11) is 0. The molecule has 1 aromatic carbocycles. The Bertz CT molecular complexity index is 996. The molecule has 1 amide bonds. The number of hydrogen-bond donors (Lipinski definition) is 1. The molecule has 0 unspecified atom stereocenters. The number of nitrogens with one attached hydrogen (secondary N) is 1. The number of ether oxygens (including phenoxy) is 2. The maximum atomic E-state index is 11.0. The molecule has 0 radical (unpaired) electrons. The van der Waals surface area contributed by atoms with Crippen molar-refractivity contribution in [1.29, 1.82) is 0 Å². The van der Waals surface area contributed by atoms with E-state index in [0.717, 1.165) is 16.5 Å². The smallest absolute Gasteiger partial charge is 0.231 e. The Morgan fingerprint density at radius 2 is 2.04 bits per heavy atom. The zero-order valence-corrected chi connectivity index (χ0v) is 14.4. The van der Waals surface area contributed by atoms with Gasteiger partial charge in [0.25, 0.3) is 0 Å². The van der Waals surface area contributed by atoms with Crippen LogP contribution in [0.25, 0.3) is 22.4 Å². The number of carbonyl (C=O) groups is 1. The number of aromatic nitrogens is 1. The quantitative estimate of drug-likeness (QED) is 0.770. The number of hydrogen-bond acceptors (Lipinski definition) is 5. The monoisotopic (exact) mass is 358 g/mol. The van der Waals surface area contributed by atoms with Crippen LogP contribution in [-0.4, -0.2) is 17.7 Å². The Labute approximate surface area is 148 Å². The molecule has 0 spiro atoms. The van der Waals surface area contributed by atoms with Gasteiger partial charge in [0.05, 0.1) is 17.1 Å². The van der Waals surface area contributed by atoms with Gasteiger partial charge < -0.3 is 19.2 Å². The minimum Gasteiger partial charge on any atom is -0.458 e. The molecule has 0 aliphatic carbocycles. The lowest BCUT2D eigenvalue weighted by Gasteiger charge is -2.09. The predicted octanol–water partition coefficient (Wildman–Crippen LogP) is 3.82. The predicted molar refractivity (Wildman–Crippen MR) is 92.8 cm³/mol. The van der Waals surface area contributed by atoms with Crippen LogP contribution in [0.5, 0.6) is 11.5 Å². The number of nitrogens with zero attached hydrogens (tertiary/aromatic N) is 1. The van der Waals surface area contributed by atoms with E-state index in [-0.39, 0.29) is 12.7 Å². The molecule has 1 aliphatic heterocycles. The maximum Gasteiger partial charge on any atom is 0.231 e. The molecule has 25 heavy (non-hydrogen) atoms. The van der Waals surface area contributed by atoms with Crippen LogP contribution in [0.3, 0.4) is 0 Å². The van der Waals surface area contributed by atoms with Crippen molar-refractivity contribution in [3.05, 3.63) is 40.6 Å². The van der Waals surface area contributed by atoms with Crippen molar-refractivity contribution in [3.63, 3.8) is 0 Å². The van der Waals surface area contributed by atoms with Gasteiger partial charge in [0.15, 0.2) is 17.3 Å². The van der Waals surface area contributed by atoms with Crippen molar-refractivity contribution in [1.82, 2.24) is 10.3 Å². The van der Waals surface area contributed by atoms with E-state index in [0.29, 0.717) is 40.3 Å². The molecule has 0 saturated carbocycles. The lowest BCUT2D eigenvalue weighted by molar-refractivity contribution is -0.119. The number of pyridine rings is 1. The molecule has 0 atom stereocenters. The van der Waals surface area contributed by atoms with Crippen molar-refractivity contribution in [2.24, 2.45) is 0 Å². The lowest BCUT2D eigenvalue weighted by Crippen LogP contribution is -2.18. The standard InChI is InChI=1S/C18H15ClN2O4/c1-9-12-5-15-16(24-8-23-15)6-13(12)21-18(17(9)19)14-4-3-11(25-14)7-20-10(2)22/h3-6H,7-8H2,1-2H3,(H,20,22). The van der Waals surface area contributed by atoms with Gasteiger partial charge in [-0.3, -0.25) is 4.79 Å². The van der Waals surface area contributed by atoms with E-state index in [2.05, 4.69) is 10.3 Å². The molecule has 0 bridgehead atoms. The number of benzene rings is 1. The molecular formula is C18H15ClN2O4. The van der Waals surface area contributed by atoms with Crippen LogP contribution < -0.4 is 14.8 Å². The van der Waals surface area contributed by atoms with Crippen molar-refractivity contribution in [2.45, 2.75) is 20.4 Å². The summed E-state index contributed by atoms with van der Waals surface area (Å²) in [6.07, 6.45) is 0. The largest absolute Gasteiger partial charge is 0.458 e. The summed E-state index contributed by atoms with van der Waals surface area (Å²) in [4.78, 5) is 15.7. The fraction of sp³-hybridized carbons (Fsp3) is 0.222. The fourth-order valence-corrected chi connectivity index (χ4v) is 3.00. The van der Waals surface area contributed by atoms with E-state index in [1.54, 1.807) is 12.1 Å². The number of halogens is 1. The number of rotatable bonds is 3. The van der Waals surface area contributed by atoms with E-state index < -0.39 is 0 Å². The number of carbonyl (C=O) groups excluding carboxylic acids is 1. The summed E-state index contributed by atoms with van der Waals surface area (Å²) < 4.78 is 16.6. The highest BCUT2D eigenvalue weighted by atomic mass is 35.5. The topological polar surface area (TPSA) is 73.6 Å². The molecule has 0 fully saturated rings. The van der Waals surface area contributed by atoms with Crippen LogP contribution in [0, 0.1) is 6.92 Å². The van der Waals surface area contributed by atoms with Crippen LogP contribution >= 0.6 is 11.6 Å². The highest BCUT2D eigenvalue weighted by Crippen LogP contribution is 2.40. The Kier molecular flexibility index (Phi) is 3.77. The first-order valence-corrected chi connectivity index (χ1v) is 8.13. The highest BCUT2D eigenvalue weighted by molar-refractivity contribution is 6.34. The fourth-order valence-electron chi connectivity index (χ4n) is 2.76. The summed E-state index contributed by atoms with van der Waals surface area (Å²) in [5.41, 5.74) is 2.19. The van der Waals surface area contributed by atoms with Crippen molar-refractivity contribution >= 4 is 28.4 Å². The third-order valence-corrected chi connectivity index (χ3v) is 4.53. The van der Waals surface area contributed by atoms with Gasteiger partial charge >= 0.3 is 0 Å². The van der Waals surface area contributed by atoms with Crippen molar-refractivity contribution in [2.75, 3.05) is 6.79 Å². The SMILES string of the molecule is CC(=O)NCc1ccc(-c2nc3cc4c(cc3c(C)c2Cl)OCO4)o1. The van der Waals surface area contributed by atoms with E-state index in [4.69, 9.17) is 25.5 Å². The Hall–Kier alpha value is -2.73. The van der Waals surface area contributed by atoms with Gasteiger partial charge in [0, 0.05) is 18.4 Å². The van der Waals surface area contributed by atoms with Crippen LogP contribution in [0.2, 0.25) is 5.02 Å². The number of amides is 1. The Morgan fingerprint density at radius 3 is 2.80 bits per heavy atom. The van der Waals surface area contributed by atoms with Crippen LogP contribution in [0.4, 0.5) is 0 Å².